The molecule has 24 heavy (non-hydrogen) atoms. The monoisotopic (exact) mass is 331 g/mol. The SMILES string of the molecule is CCCN(CCC)c1nncc(Nc2ccc(OC)c(OC)c2)n1. The van der Waals surface area contributed by atoms with E-state index in [0.29, 0.717) is 23.3 Å². The van der Waals surface area contributed by atoms with Crippen LogP contribution in [-0.2, 0) is 0 Å². The van der Waals surface area contributed by atoms with E-state index in [1.165, 1.54) is 0 Å². The third-order valence-electron chi connectivity index (χ3n) is 3.47. The molecule has 2 rings (SSSR count). The van der Waals surface area contributed by atoms with E-state index < -0.39 is 0 Å². The second kappa shape index (κ2) is 8.90. The Morgan fingerprint density at radius 1 is 1.04 bits per heavy atom. The number of nitrogens with one attached hydrogen (secondary N) is 1. The molecule has 0 unspecified atom stereocenters. The first kappa shape index (κ1) is 17.8. The van der Waals surface area contributed by atoms with Crippen molar-refractivity contribution in [2.75, 3.05) is 37.5 Å². The van der Waals surface area contributed by atoms with Crippen molar-refractivity contribution in [3.63, 3.8) is 0 Å². The largest absolute Gasteiger partial charge is 0.493 e. The van der Waals surface area contributed by atoms with Crippen LogP contribution >= 0.6 is 0 Å². The zero-order valence-corrected chi connectivity index (χ0v) is 14.7. The highest BCUT2D eigenvalue weighted by molar-refractivity contribution is 5.61. The van der Waals surface area contributed by atoms with Gasteiger partial charge in [0.2, 0.25) is 5.95 Å². The number of benzene rings is 1. The van der Waals surface area contributed by atoms with E-state index in [4.69, 9.17) is 9.47 Å². The molecule has 0 saturated heterocycles. The standard InChI is InChI=1S/C17H25N5O2/c1-5-9-22(10-6-2)17-20-16(12-18-21-17)19-13-7-8-14(23-3)15(11-13)24-4/h7-8,11-12H,5-6,9-10H2,1-4H3,(H,19,20,21). The smallest absolute Gasteiger partial charge is 0.247 e. The van der Waals surface area contributed by atoms with Crippen LogP contribution in [-0.4, -0.2) is 42.5 Å². The quantitative estimate of drug-likeness (QED) is 0.756. The van der Waals surface area contributed by atoms with Crippen LogP contribution in [0.5, 0.6) is 11.5 Å². The molecule has 0 saturated carbocycles. The van der Waals surface area contributed by atoms with Crippen LogP contribution in [0.4, 0.5) is 17.5 Å². The maximum absolute atomic E-state index is 5.32. The van der Waals surface area contributed by atoms with E-state index in [2.05, 4.69) is 39.2 Å². The lowest BCUT2D eigenvalue weighted by atomic mass is 10.2. The molecule has 0 radical (unpaired) electrons. The van der Waals surface area contributed by atoms with Crippen LogP contribution in [0.3, 0.4) is 0 Å². The van der Waals surface area contributed by atoms with E-state index in [1.54, 1.807) is 20.4 Å². The minimum atomic E-state index is 0.643. The Morgan fingerprint density at radius 2 is 1.75 bits per heavy atom. The molecule has 0 fully saturated rings. The van der Waals surface area contributed by atoms with Crippen molar-refractivity contribution >= 4 is 17.5 Å². The van der Waals surface area contributed by atoms with Crippen LogP contribution in [0.1, 0.15) is 26.7 Å². The third-order valence-corrected chi connectivity index (χ3v) is 3.47. The average Bonchev–Trinajstić information content (AvgIpc) is 2.61. The summed E-state index contributed by atoms with van der Waals surface area (Å²) in [6.45, 7) is 6.11. The fourth-order valence-electron chi connectivity index (χ4n) is 2.40. The minimum Gasteiger partial charge on any atom is -0.493 e. The van der Waals surface area contributed by atoms with Gasteiger partial charge in [0.1, 0.15) is 0 Å². The van der Waals surface area contributed by atoms with E-state index >= 15 is 0 Å². The Balaban J connectivity index is 2.19. The number of anilines is 3. The van der Waals surface area contributed by atoms with E-state index in [9.17, 15) is 0 Å². The molecule has 2 aromatic rings. The van der Waals surface area contributed by atoms with Gasteiger partial charge in [-0.1, -0.05) is 13.8 Å². The second-order valence-electron chi connectivity index (χ2n) is 5.32. The fraction of sp³-hybridized carbons (Fsp3) is 0.471. The van der Waals surface area contributed by atoms with Gasteiger partial charge in [-0.25, -0.2) is 0 Å². The van der Waals surface area contributed by atoms with Gasteiger partial charge in [-0.2, -0.15) is 10.1 Å². The maximum Gasteiger partial charge on any atom is 0.247 e. The lowest BCUT2D eigenvalue weighted by Crippen LogP contribution is -2.27. The molecule has 7 heteroatoms. The van der Waals surface area contributed by atoms with Crippen LogP contribution in [0.25, 0.3) is 0 Å². The molecule has 0 spiro atoms. The highest BCUT2D eigenvalue weighted by atomic mass is 16.5. The highest BCUT2D eigenvalue weighted by Gasteiger charge is 2.10. The molecule has 1 aromatic heterocycles. The van der Waals surface area contributed by atoms with Gasteiger partial charge in [0, 0.05) is 24.8 Å². The summed E-state index contributed by atoms with van der Waals surface area (Å²) in [4.78, 5) is 6.72. The maximum atomic E-state index is 5.32. The Bertz CT molecular complexity index is 645. The van der Waals surface area contributed by atoms with Crippen molar-refractivity contribution in [2.24, 2.45) is 0 Å². The third kappa shape index (κ3) is 4.47. The molecule has 1 N–H and O–H groups in total. The summed E-state index contributed by atoms with van der Waals surface area (Å²) >= 11 is 0. The van der Waals surface area contributed by atoms with Crippen molar-refractivity contribution in [3.8, 4) is 11.5 Å². The first-order valence-electron chi connectivity index (χ1n) is 8.15. The fourth-order valence-corrected chi connectivity index (χ4v) is 2.40. The van der Waals surface area contributed by atoms with Gasteiger partial charge in [-0.15, -0.1) is 5.10 Å². The number of nitrogens with zero attached hydrogens (tertiary/aromatic N) is 4. The topological polar surface area (TPSA) is 72.4 Å². The molecule has 1 aromatic carbocycles. The lowest BCUT2D eigenvalue weighted by molar-refractivity contribution is 0.355. The molecule has 0 atom stereocenters. The highest BCUT2D eigenvalue weighted by Crippen LogP contribution is 2.30. The Kier molecular flexibility index (Phi) is 6.60. The van der Waals surface area contributed by atoms with Crippen LogP contribution < -0.4 is 19.7 Å². The van der Waals surface area contributed by atoms with Crippen LogP contribution in [0.15, 0.2) is 24.4 Å². The Morgan fingerprint density at radius 3 is 2.38 bits per heavy atom. The number of hydrogen-bond acceptors (Lipinski definition) is 7. The van der Waals surface area contributed by atoms with Crippen molar-refractivity contribution in [2.45, 2.75) is 26.7 Å². The van der Waals surface area contributed by atoms with Crippen molar-refractivity contribution < 1.29 is 9.47 Å². The zero-order valence-electron chi connectivity index (χ0n) is 14.7. The number of hydrogen-bond donors (Lipinski definition) is 1. The average molecular weight is 331 g/mol. The predicted molar refractivity (Wildman–Crippen MR) is 95.5 cm³/mol. The van der Waals surface area contributed by atoms with Crippen molar-refractivity contribution in [1.82, 2.24) is 15.2 Å². The number of rotatable bonds is 9. The molecular weight excluding hydrogens is 306 g/mol. The molecular formula is C17H25N5O2. The lowest BCUT2D eigenvalue weighted by Gasteiger charge is -2.21. The summed E-state index contributed by atoms with van der Waals surface area (Å²) < 4.78 is 10.6. The van der Waals surface area contributed by atoms with Gasteiger partial charge < -0.3 is 19.7 Å². The molecule has 7 nitrogen and oxygen atoms in total. The number of ether oxygens (including phenoxy) is 2. The zero-order chi connectivity index (χ0) is 17.4. The van der Waals surface area contributed by atoms with Crippen molar-refractivity contribution in [3.05, 3.63) is 24.4 Å². The molecule has 1 heterocycles. The van der Waals surface area contributed by atoms with Crippen molar-refractivity contribution in [1.29, 1.82) is 0 Å². The number of aromatic nitrogens is 3. The van der Waals surface area contributed by atoms with Gasteiger partial charge in [-0.05, 0) is 25.0 Å². The summed E-state index contributed by atoms with van der Waals surface area (Å²) in [7, 11) is 3.22. The molecule has 130 valence electrons. The summed E-state index contributed by atoms with van der Waals surface area (Å²) in [5.41, 5.74) is 0.844. The summed E-state index contributed by atoms with van der Waals surface area (Å²) in [5, 5.41) is 11.5. The van der Waals surface area contributed by atoms with Crippen LogP contribution in [0.2, 0.25) is 0 Å². The summed E-state index contributed by atoms with van der Waals surface area (Å²) in [6.07, 6.45) is 3.68. The minimum absolute atomic E-state index is 0.643. The molecule has 0 bridgehead atoms. The van der Waals surface area contributed by atoms with Gasteiger partial charge >= 0.3 is 0 Å². The molecule has 0 amide bonds. The van der Waals surface area contributed by atoms with E-state index in [0.717, 1.165) is 31.6 Å². The van der Waals surface area contributed by atoms with Gasteiger partial charge in [0.15, 0.2) is 17.3 Å². The Labute approximate surface area is 143 Å². The van der Waals surface area contributed by atoms with Gasteiger partial charge in [0.05, 0.1) is 20.4 Å². The second-order valence-corrected chi connectivity index (χ2v) is 5.32. The predicted octanol–water partition coefficient (Wildman–Crippen LogP) is 3.26. The van der Waals surface area contributed by atoms with Crippen LogP contribution in [0, 0.1) is 0 Å². The normalized spacial score (nSPS) is 10.3. The first-order valence-corrected chi connectivity index (χ1v) is 8.15. The number of methoxy groups -OCH3 is 2. The van der Waals surface area contributed by atoms with Gasteiger partial charge in [0.25, 0.3) is 0 Å². The van der Waals surface area contributed by atoms with Gasteiger partial charge in [-0.3, -0.25) is 0 Å². The molecule has 0 aliphatic heterocycles. The Hall–Kier alpha value is -2.57. The van der Waals surface area contributed by atoms with E-state index in [1.807, 2.05) is 18.2 Å². The first-order chi connectivity index (χ1) is 11.7. The van der Waals surface area contributed by atoms with E-state index in [-0.39, 0.29) is 0 Å². The summed E-state index contributed by atoms with van der Waals surface area (Å²) in [5.74, 6) is 2.62. The summed E-state index contributed by atoms with van der Waals surface area (Å²) in [6, 6.07) is 5.60. The molecule has 0 aliphatic carbocycles. The molecule has 0 aliphatic rings.